The lowest BCUT2D eigenvalue weighted by Gasteiger charge is -2.08. The van der Waals surface area contributed by atoms with Crippen LogP contribution >= 0.6 is 0 Å². The molecule has 1 aliphatic carbocycles. The summed E-state index contributed by atoms with van der Waals surface area (Å²) in [6.07, 6.45) is 6.54. The summed E-state index contributed by atoms with van der Waals surface area (Å²) in [4.78, 5) is 0. The largest absolute Gasteiger partial charge is 0.494 e. The molecule has 0 N–H and O–H groups in total. The van der Waals surface area contributed by atoms with Crippen molar-refractivity contribution in [1.29, 1.82) is 0 Å². The number of hydrogen-bond donors (Lipinski definition) is 0. The van der Waals surface area contributed by atoms with E-state index >= 15 is 0 Å². The van der Waals surface area contributed by atoms with E-state index in [-0.39, 0.29) is 0 Å². The highest BCUT2D eigenvalue weighted by Crippen LogP contribution is 2.24. The van der Waals surface area contributed by atoms with Crippen LogP contribution in [0.2, 0.25) is 0 Å². The van der Waals surface area contributed by atoms with Gasteiger partial charge >= 0.3 is 0 Å². The molecule has 0 aromatic heterocycles. The fourth-order valence-corrected chi connectivity index (χ4v) is 2.14. The summed E-state index contributed by atoms with van der Waals surface area (Å²) in [6.45, 7) is 2.80. The molecule has 0 spiro atoms. The van der Waals surface area contributed by atoms with Crippen LogP contribution in [0.25, 0.3) is 0 Å². The minimum atomic E-state index is 0.763. The summed E-state index contributed by atoms with van der Waals surface area (Å²) in [5.41, 5.74) is 3.04. The average molecular weight is 190 g/mol. The zero-order valence-electron chi connectivity index (χ0n) is 8.88. The van der Waals surface area contributed by atoms with Crippen LogP contribution in [-0.4, -0.2) is 6.61 Å². The molecule has 1 aliphatic rings. The van der Waals surface area contributed by atoms with Crippen LogP contribution in [0.5, 0.6) is 5.75 Å². The fraction of sp³-hybridized carbons (Fsp3) is 0.538. The van der Waals surface area contributed by atoms with Crippen molar-refractivity contribution in [3.05, 3.63) is 29.3 Å². The minimum Gasteiger partial charge on any atom is -0.494 e. The molecule has 0 heterocycles. The van der Waals surface area contributed by atoms with E-state index in [9.17, 15) is 0 Å². The fourth-order valence-electron chi connectivity index (χ4n) is 2.14. The maximum Gasteiger partial charge on any atom is 0.119 e. The maximum absolute atomic E-state index is 5.51. The van der Waals surface area contributed by atoms with Crippen molar-refractivity contribution < 1.29 is 4.74 Å². The lowest BCUT2D eigenvalue weighted by molar-refractivity contribution is 0.340. The first-order valence-electron chi connectivity index (χ1n) is 5.65. The van der Waals surface area contributed by atoms with E-state index in [4.69, 9.17) is 4.74 Å². The smallest absolute Gasteiger partial charge is 0.119 e. The van der Waals surface area contributed by atoms with Crippen molar-refractivity contribution in [1.82, 2.24) is 0 Å². The topological polar surface area (TPSA) is 9.23 Å². The van der Waals surface area contributed by atoms with E-state index in [1.807, 2.05) is 6.92 Å². The minimum absolute atomic E-state index is 0.763. The van der Waals surface area contributed by atoms with Crippen LogP contribution in [-0.2, 0) is 12.8 Å². The third-order valence-electron chi connectivity index (χ3n) is 2.88. The van der Waals surface area contributed by atoms with Crippen molar-refractivity contribution in [3.8, 4) is 5.75 Å². The summed E-state index contributed by atoms with van der Waals surface area (Å²) in [5.74, 6) is 1.04. The molecule has 2 rings (SSSR count). The normalized spacial score (nSPS) is 15.8. The molecule has 1 aromatic carbocycles. The summed E-state index contributed by atoms with van der Waals surface area (Å²) in [7, 11) is 0. The Labute approximate surface area is 86.1 Å². The molecule has 0 fully saturated rings. The van der Waals surface area contributed by atoms with Crippen molar-refractivity contribution in [3.63, 3.8) is 0 Å². The van der Waals surface area contributed by atoms with Crippen LogP contribution in [0, 0.1) is 0 Å². The van der Waals surface area contributed by atoms with Crippen molar-refractivity contribution in [2.75, 3.05) is 6.61 Å². The molecule has 1 aromatic rings. The number of rotatable bonds is 2. The van der Waals surface area contributed by atoms with Gasteiger partial charge < -0.3 is 4.74 Å². The number of hydrogen-bond acceptors (Lipinski definition) is 1. The first kappa shape index (κ1) is 9.57. The Balaban J connectivity index is 2.23. The molecular weight excluding hydrogens is 172 g/mol. The first-order valence-corrected chi connectivity index (χ1v) is 5.65. The molecule has 1 heteroatoms. The van der Waals surface area contributed by atoms with Crippen LogP contribution < -0.4 is 4.74 Å². The maximum atomic E-state index is 5.51. The molecule has 0 aliphatic heterocycles. The zero-order chi connectivity index (χ0) is 9.80. The number of benzene rings is 1. The predicted molar refractivity (Wildman–Crippen MR) is 58.9 cm³/mol. The summed E-state index contributed by atoms with van der Waals surface area (Å²) >= 11 is 0. The number of aryl methyl sites for hydroxylation is 2. The van der Waals surface area contributed by atoms with E-state index in [1.54, 1.807) is 0 Å². The lowest BCUT2D eigenvalue weighted by Crippen LogP contribution is -1.95. The van der Waals surface area contributed by atoms with Gasteiger partial charge in [0.2, 0.25) is 0 Å². The van der Waals surface area contributed by atoms with Crippen molar-refractivity contribution >= 4 is 0 Å². The van der Waals surface area contributed by atoms with Crippen LogP contribution in [0.3, 0.4) is 0 Å². The Hall–Kier alpha value is -0.980. The molecule has 14 heavy (non-hydrogen) atoms. The molecule has 0 saturated carbocycles. The van der Waals surface area contributed by atoms with Crippen LogP contribution in [0.1, 0.15) is 37.3 Å². The van der Waals surface area contributed by atoms with Gasteiger partial charge in [-0.25, -0.2) is 0 Å². The predicted octanol–water partition coefficient (Wildman–Crippen LogP) is 3.35. The Bertz CT molecular complexity index is 304. The highest BCUT2D eigenvalue weighted by atomic mass is 16.5. The van der Waals surface area contributed by atoms with E-state index in [1.165, 1.54) is 43.2 Å². The first-order chi connectivity index (χ1) is 6.90. The quantitative estimate of drug-likeness (QED) is 0.650. The summed E-state index contributed by atoms with van der Waals surface area (Å²) in [5, 5.41) is 0. The SMILES string of the molecule is CCOc1ccc2c(c1)CCCCC2. The lowest BCUT2D eigenvalue weighted by atomic mass is 10.0. The van der Waals surface area contributed by atoms with Gasteiger partial charge in [-0.15, -0.1) is 0 Å². The monoisotopic (exact) mass is 190 g/mol. The Kier molecular flexibility index (Phi) is 3.07. The summed E-state index contributed by atoms with van der Waals surface area (Å²) < 4.78 is 5.51. The van der Waals surface area contributed by atoms with E-state index in [0.717, 1.165) is 12.4 Å². The second-order valence-electron chi connectivity index (χ2n) is 3.92. The van der Waals surface area contributed by atoms with Gasteiger partial charge in [0.05, 0.1) is 6.61 Å². The molecule has 0 saturated heterocycles. The van der Waals surface area contributed by atoms with Gasteiger partial charge in [-0.1, -0.05) is 12.5 Å². The van der Waals surface area contributed by atoms with Crippen molar-refractivity contribution in [2.24, 2.45) is 0 Å². The third-order valence-corrected chi connectivity index (χ3v) is 2.88. The molecule has 0 amide bonds. The van der Waals surface area contributed by atoms with E-state index in [2.05, 4.69) is 18.2 Å². The van der Waals surface area contributed by atoms with Crippen molar-refractivity contribution in [2.45, 2.75) is 39.0 Å². The van der Waals surface area contributed by atoms with Gasteiger partial charge in [0.15, 0.2) is 0 Å². The van der Waals surface area contributed by atoms with E-state index in [0.29, 0.717) is 0 Å². The molecule has 0 radical (unpaired) electrons. The van der Waals surface area contributed by atoms with E-state index < -0.39 is 0 Å². The highest BCUT2D eigenvalue weighted by Gasteiger charge is 2.08. The number of ether oxygens (including phenoxy) is 1. The second-order valence-corrected chi connectivity index (χ2v) is 3.92. The van der Waals surface area contributed by atoms with Gasteiger partial charge in [0, 0.05) is 0 Å². The molecular formula is C13H18O. The third kappa shape index (κ3) is 2.09. The van der Waals surface area contributed by atoms with Gasteiger partial charge in [0.25, 0.3) is 0 Å². The van der Waals surface area contributed by atoms with Gasteiger partial charge in [-0.3, -0.25) is 0 Å². The highest BCUT2D eigenvalue weighted by molar-refractivity contribution is 5.36. The second kappa shape index (κ2) is 4.50. The Morgan fingerprint density at radius 3 is 2.64 bits per heavy atom. The van der Waals surface area contributed by atoms with Crippen LogP contribution in [0.15, 0.2) is 18.2 Å². The molecule has 76 valence electrons. The van der Waals surface area contributed by atoms with Gasteiger partial charge in [-0.05, 0) is 55.9 Å². The Morgan fingerprint density at radius 2 is 1.86 bits per heavy atom. The molecule has 0 atom stereocenters. The van der Waals surface area contributed by atoms with Gasteiger partial charge in [-0.2, -0.15) is 0 Å². The standard InChI is InChI=1S/C13H18O/c1-2-14-13-9-8-11-6-4-3-5-7-12(11)10-13/h8-10H,2-7H2,1H3. The Morgan fingerprint density at radius 1 is 1.07 bits per heavy atom. The average Bonchev–Trinajstić information content (AvgIpc) is 2.42. The molecule has 0 bridgehead atoms. The molecule has 0 unspecified atom stereocenters. The van der Waals surface area contributed by atoms with Gasteiger partial charge in [0.1, 0.15) is 5.75 Å². The zero-order valence-corrected chi connectivity index (χ0v) is 8.88. The number of fused-ring (bicyclic) bond motifs is 1. The molecule has 1 nitrogen and oxygen atoms in total. The van der Waals surface area contributed by atoms with Crippen LogP contribution in [0.4, 0.5) is 0 Å². The summed E-state index contributed by atoms with van der Waals surface area (Å²) in [6, 6.07) is 6.57.